The highest BCUT2D eigenvalue weighted by molar-refractivity contribution is 7.91. The van der Waals surface area contributed by atoms with Crippen molar-refractivity contribution >= 4 is 15.5 Å². The van der Waals surface area contributed by atoms with Crippen molar-refractivity contribution in [2.75, 3.05) is 25.5 Å². The predicted octanol–water partition coefficient (Wildman–Crippen LogP) is 2.97. The first-order valence-electron chi connectivity index (χ1n) is 7.47. The minimum atomic E-state index is -4.51. The summed E-state index contributed by atoms with van der Waals surface area (Å²) in [6.07, 6.45) is 5.08. The Hall–Kier alpha value is -1.21. The molecule has 0 spiro atoms. The molecule has 1 aliphatic rings. The number of nitrogens with one attached hydrogen (secondary N) is 1. The number of hydrogen-bond acceptors (Lipinski definition) is 4. The lowest BCUT2D eigenvalue weighted by molar-refractivity contribution is 0.234. The average Bonchev–Trinajstić information content (AvgIpc) is 3.02. The van der Waals surface area contributed by atoms with Gasteiger partial charge in [0.25, 0.3) is 0 Å². The molecule has 1 saturated carbocycles. The van der Waals surface area contributed by atoms with E-state index in [0.717, 1.165) is 18.8 Å². The third-order valence-electron chi connectivity index (χ3n) is 4.16. The van der Waals surface area contributed by atoms with Crippen molar-refractivity contribution in [1.29, 1.82) is 0 Å². The Morgan fingerprint density at radius 3 is 2.36 bits per heavy atom. The Morgan fingerprint density at radius 1 is 1.23 bits per heavy atom. The van der Waals surface area contributed by atoms with Gasteiger partial charge in [-0.05, 0) is 44.2 Å². The Kier molecular flexibility index (Phi) is 5.74. The van der Waals surface area contributed by atoms with Gasteiger partial charge in [0.15, 0.2) is 0 Å². The number of likely N-dealkylation sites (N-methyl/N-ethyl adjacent to an activating group) is 1. The lowest BCUT2D eigenvalue weighted by Gasteiger charge is -2.24. The van der Waals surface area contributed by atoms with Crippen LogP contribution in [0.4, 0.5) is 14.5 Å². The van der Waals surface area contributed by atoms with Gasteiger partial charge >= 0.3 is 5.76 Å². The summed E-state index contributed by atoms with van der Waals surface area (Å²) in [5.41, 5.74) is 0.730. The van der Waals surface area contributed by atoms with Gasteiger partial charge in [-0.3, -0.25) is 0 Å². The summed E-state index contributed by atoms with van der Waals surface area (Å²) in [5, 5.41) is 3.18. The first kappa shape index (κ1) is 17.1. The van der Waals surface area contributed by atoms with E-state index >= 15 is 0 Å². The van der Waals surface area contributed by atoms with Gasteiger partial charge in [-0.2, -0.15) is 8.78 Å². The van der Waals surface area contributed by atoms with Crippen LogP contribution in [-0.2, 0) is 9.84 Å². The Morgan fingerprint density at radius 2 is 1.82 bits per heavy atom. The van der Waals surface area contributed by atoms with Gasteiger partial charge in [0, 0.05) is 24.8 Å². The highest BCUT2D eigenvalue weighted by Gasteiger charge is 2.26. The molecule has 0 radical (unpaired) electrons. The van der Waals surface area contributed by atoms with E-state index in [1.165, 1.54) is 49.9 Å². The predicted molar refractivity (Wildman–Crippen MR) is 83.0 cm³/mol. The van der Waals surface area contributed by atoms with Crippen LogP contribution in [-0.4, -0.2) is 45.3 Å². The van der Waals surface area contributed by atoms with Gasteiger partial charge < -0.3 is 10.2 Å². The Bertz CT molecular complexity index is 570. The van der Waals surface area contributed by atoms with Gasteiger partial charge in [0.2, 0.25) is 9.84 Å². The van der Waals surface area contributed by atoms with E-state index in [-0.39, 0.29) is 4.90 Å². The monoisotopic (exact) mass is 332 g/mol. The number of sulfone groups is 1. The fourth-order valence-electron chi connectivity index (χ4n) is 2.77. The maximum Gasteiger partial charge on any atom is 0.341 e. The normalized spacial score (nSPS) is 16.6. The van der Waals surface area contributed by atoms with E-state index in [4.69, 9.17) is 0 Å². The number of benzene rings is 1. The highest BCUT2D eigenvalue weighted by Crippen LogP contribution is 2.22. The molecule has 0 heterocycles. The molecule has 0 amide bonds. The summed E-state index contributed by atoms with van der Waals surface area (Å²) in [4.78, 5) is 1.98. The standard InChI is InChI=1S/C15H22F2N2O2S/c1-19(13-4-2-3-5-13)11-10-18-12-6-8-14(9-7-12)22(20,21)15(16)17/h6-9,13,15,18H,2-5,10-11H2,1H3. The second-order valence-corrected chi connectivity index (χ2v) is 7.59. The minimum Gasteiger partial charge on any atom is -0.384 e. The summed E-state index contributed by atoms with van der Waals surface area (Å²) in [6, 6.07) is 6.12. The van der Waals surface area contributed by atoms with Crippen molar-refractivity contribution in [3.63, 3.8) is 0 Å². The average molecular weight is 332 g/mol. The molecule has 1 N–H and O–H groups in total. The molecule has 4 nitrogen and oxygen atoms in total. The van der Waals surface area contributed by atoms with Crippen LogP contribution in [0.15, 0.2) is 29.2 Å². The van der Waals surface area contributed by atoms with Crippen LogP contribution in [0.5, 0.6) is 0 Å². The van der Waals surface area contributed by atoms with Crippen molar-refractivity contribution in [2.45, 2.75) is 42.4 Å². The molecule has 2 rings (SSSR count). The summed E-state index contributed by atoms with van der Waals surface area (Å²) < 4.78 is 47.5. The van der Waals surface area contributed by atoms with Crippen LogP contribution < -0.4 is 5.32 Å². The molecule has 1 aliphatic carbocycles. The van der Waals surface area contributed by atoms with Crippen LogP contribution in [0, 0.1) is 0 Å². The first-order chi connectivity index (χ1) is 10.4. The van der Waals surface area contributed by atoms with Crippen LogP contribution in [0.1, 0.15) is 25.7 Å². The zero-order chi connectivity index (χ0) is 16.2. The fourth-order valence-corrected chi connectivity index (χ4v) is 3.49. The molecule has 0 aliphatic heterocycles. The van der Waals surface area contributed by atoms with E-state index < -0.39 is 15.6 Å². The maximum atomic E-state index is 12.4. The van der Waals surface area contributed by atoms with Crippen LogP contribution >= 0.6 is 0 Å². The van der Waals surface area contributed by atoms with Crippen LogP contribution in [0.2, 0.25) is 0 Å². The van der Waals surface area contributed by atoms with Gasteiger partial charge in [0.05, 0.1) is 4.90 Å². The zero-order valence-corrected chi connectivity index (χ0v) is 13.5. The number of halogens is 2. The van der Waals surface area contributed by atoms with Gasteiger partial charge in [-0.25, -0.2) is 8.42 Å². The smallest absolute Gasteiger partial charge is 0.341 e. The highest BCUT2D eigenvalue weighted by atomic mass is 32.2. The number of anilines is 1. The molecule has 0 saturated heterocycles. The fraction of sp³-hybridized carbons (Fsp3) is 0.600. The molecule has 1 aromatic carbocycles. The molecule has 22 heavy (non-hydrogen) atoms. The van der Waals surface area contributed by atoms with Gasteiger partial charge in [-0.15, -0.1) is 0 Å². The molecule has 1 fully saturated rings. The second kappa shape index (κ2) is 7.37. The van der Waals surface area contributed by atoms with Gasteiger partial charge in [0.1, 0.15) is 0 Å². The molecule has 124 valence electrons. The van der Waals surface area contributed by atoms with E-state index in [9.17, 15) is 17.2 Å². The quantitative estimate of drug-likeness (QED) is 0.834. The third kappa shape index (κ3) is 4.16. The topological polar surface area (TPSA) is 49.4 Å². The number of hydrogen-bond donors (Lipinski definition) is 1. The van der Waals surface area contributed by atoms with Crippen molar-refractivity contribution < 1.29 is 17.2 Å². The SMILES string of the molecule is CN(CCNc1ccc(S(=O)(=O)C(F)F)cc1)C1CCCC1. The number of alkyl halides is 2. The summed E-state index contributed by atoms with van der Waals surface area (Å²) in [5.74, 6) is -3.38. The minimum absolute atomic E-state index is 0.351. The molecule has 0 unspecified atom stereocenters. The molecular formula is C15H22F2N2O2S. The Labute approximate surface area is 130 Å². The molecule has 0 atom stereocenters. The maximum absolute atomic E-state index is 12.4. The molecular weight excluding hydrogens is 310 g/mol. The van der Waals surface area contributed by atoms with E-state index in [1.807, 2.05) is 0 Å². The van der Waals surface area contributed by atoms with Crippen LogP contribution in [0.3, 0.4) is 0 Å². The van der Waals surface area contributed by atoms with Gasteiger partial charge in [-0.1, -0.05) is 12.8 Å². The number of nitrogens with zero attached hydrogens (tertiary/aromatic N) is 1. The molecule has 1 aromatic rings. The van der Waals surface area contributed by atoms with E-state index in [1.54, 1.807) is 0 Å². The molecule has 0 bridgehead atoms. The van der Waals surface area contributed by atoms with Crippen molar-refractivity contribution in [3.8, 4) is 0 Å². The molecule has 7 heteroatoms. The lowest BCUT2D eigenvalue weighted by atomic mass is 10.2. The van der Waals surface area contributed by atoms with Crippen molar-refractivity contribution in [1.82, 2.24) is 4.90 Å². The first-order valence-corrected chi connectivity index (χ1v) is 9.02. The summed E-state index contributed by atoms with van der Waals surface area (Å²) >= 11 is 0. The third-order valence-corrected chi connectivity index (χ3v) is 5.56. The Balaban J connectivity index is 1.84. The van der Waals surface area contributed by atoms with E-state index in [2.05, 4.69) is 17.3 Å². The number of rotatable bonds is 7. The van der Waals surface area contributed by atoms with Crippen LogP contribution in [0.25, 0.3) is 0 Å². The van der Waals surface area contributed by atoms with Crippen molar-refractivity contribution in [2.24, 2.45) is 0 Å². The lowest BCUT2D eigenvalue weighted by Crippen LogP contribution is -2.33. The van der Waals surface area contributed by atoms with Crippen molar-refractivity contribution in [3.05, 3.63) is 24.3 Å². The largest absolute Gasteiger partial charge is 0.384 e. The summed E-state index contributed by atoms with van der Waals surface area (Å²) in [7, 11) is -2.40. The zero-order valence-electron chi connectivity index (χ0n) is 12.6. The molecule has 0 aromatic heterocycles. The van der Waals surface area contributed by atoms with E-state index in [0.29, 0.717) is 6.04 Å². The summed E-state index contributed by atoms with van der Waals surface area (Å²) in [6.45, 7) is 1.62. The second-order valence-electron chi connectivity index (χ2n) is 5.68.